The van der Waals surface area contributed by atoms with E-state index in [9.17, 15) is 9.59 Å². The van der Waals surface area contributed by atoms with E-state index in [1.54, 1.807) is 6.92 Å². The third-order valence-electron chi connectivity index (χ3n) is 2.93. The molecule has 0 saturated carbocycles. The van der Waals surface area contributed by atoms with Crippen molar-refractivity contribution in [3.05, 3.63) is 17.7 Å². The summed E-state index contributed by atoms with van der Waals surface area (Å²) in [5.74, 6) is -1.05. The Balaban J connectivity index is 3.23. The van der Waals surface area contributed by atoms with Gasteiger partial charge in [-0.3, -0.25) is 4.79 Å². The third-order valence-corrected chi connectivity index (χ3v) is 2.93. The lowest BCUT2D eigenvalue weighted by atomic mass is 10.1. The second kappa shape index (κ2) is 7.49. The summed E-state index contributed by atoms with van der Waals surface area (Å²) in [5, 5.41) is 11.7. The van der Waals surface area contributed by atoms with Crippen LogP contribution < -0.4 is 14.8 Å². The molecule has 21 heavy (non-hydrogen) atoms. The lowest BCUT2D eigenvalue weighted by Crippen LogP contribution is -2.29. The maximum atomic E-state index is 12.0. The highest BCUT2D eigenvalue weighted by molar-refractivity contribution is 5.98. The molecule has 1 aromatic carbocycles. The second-order valence-electron chi connectivity index (χ2n) is 4.19. The van der Waals surface area contributed by atoms with Crippen molar-refractivity contribution in [2.75, 3.05) is 26.6 Å². The van der Waals surface area contributed by atoms with Crippen LogP contribution >= 0.6 is 0 Å². The number of methoxy groups -OCH3 is 3. The van der Waals surface area contributed by atoms with Crippen molar-refractivity contribution in [3.63, 3.8) is 0 Å². The van der Waals surface area contributed by atoms with Crippen LogP contribution in [0.25, 0.3) is 0 Å². The van der Waals surface area contributed by atoms with E-state index in [0.717, 1.165) is 0 Å². The predicted molar refractivity (Wildman–Crippen MR) is 76.2 cm³/mol. The number of nitrogens with one attached hydrogen (secondary N) is 1. The first-order valence-electron chi connectivity index (χ1n) is 6.31. The second-order valence-corrected chi connectivity index (χ2v) is 4.19. The third kappa shape index (κ3) is 3.85. The van der Waals surface area contributed by atoms with E-state index in [4.69, 9.17) is 19.3 Å². The van der Waals surface area contributed by atoms with Crippen LogP contribution in [0.3, 0.4) is 0 Å². The van der Waals surface area contributed by atoms with Crippen molar-refractivity contribution in [2.45, 2.75) is 19.4 Å². The Morgan fingerprint density at radius 3 is 2.33 bits per heavy atom. The van der Waals surface area contributed by atoms with Crippen molar-refractivity contribution >= 4 is 17.6 Å². The largest absolute Gasteiger partial charge is 0.493 e. The van der Waals surface area contributed by atoms with Gasteiger partial charge in [-0.2, -0.15) is 0 Å². The van der Waals surface area contributed by atoms with E-state index >= 15 is 0 Å². The quantitative estimate of drug-likeness (QED) is 0.796. The van der Waals surface area contributed by atoms with Gasteiger partial charge in [0.2, 0.25) is 0 Å². The van der Waals surface area contributed by atoms with Gasteiger partial charge < -0.3 is 24.6 Å². The van der Waals surface area contributed by atoms with Crippen molar-refractivity contribution < 1.29 is 28.9 Å². The van der Waals surface area contributed by atoms with Gasteiger partial charge in [-0.05, 0) is 18.6 Å². The maximum absolute atomic E-state index is 12.0. The minimum absolute atomic E-state index is 0.0200. The first-order valence-corrected chi connectivity index (χ1v) is 6.31. The maximum Gasteiger partial charge on any atom is 0.335 e. The zero-order valence-corrected chi connectivity index (χ0v) is 12.4. The molecular weight excluding hydrogens is 278 g/mol. The highest BCUT2D eigenvalue weighted by Crippen LogP contribution is 2.36. The average molecular weight is 297 g/mol. The van der Waals surface area contributed by atoms with E-state index < -0.39 is 12.1 Å². The minimum atomic E-state index is -1.13. The number of carbonyl (C=O) groups excluding carboxylic acids is 1. The summed E-state index contributed by atoms with van der Waals surface area (Å²) in [6.07, 6.45) is -0.144. The van der Waals surface area contributed by atoms with E-state index in [1.807, 2.05) is 0 Å². The molecule has 1 unspecified atom stereocenters. The molecule has 0 radical (unpaired) electrons. The summed E-state index contributed by atoms with van der Waals surface area (Å²) >= 11 is 0. The fraction of sp³-hybridized carbons (Fsp3) is 0.429. The molecule has 7 nitrogen and oxygen atoms in total. The van der Waals surface area contributed by atoms with Crippen LogP contribution in [0.5, 0.6) is 11.5 Å². The summed E-state index contributed by atoms with van der Waals surface area (Å²) < 4.78 is 15.3. The zero-order valence-electron chi connectivity index (χ0n) is 12.4. The molecule has 0 spiro atoms. The van der Waals surface area contributed by atoms with Gasteiger partial charge in [0.25, 0.3) is 5.91 Å². The molecule has 0 bridgehead atoms. The van der Waals surface area contributed by atoms with E-state index in [2.05, 4.69) is 5.32 Å². The SMILES string of the molecule is CCC(OC)C(=O)Nc1cc(C(=O)O)cc(OC)c1OC. The number of ether oxygens (including phenoxy) is 3. The smallest absolute Gasteiger partial charge is 0.335 e. The Morgan fingerprint density at radius 2 is 1.90 bits per heavy atom. The highest BCUT2D eigenvalue weighted by Gasteiger charge is 2.21. The minimum Gasteiger partial charge on any atom is -0.493 e. The van der Waals surface area contributed by atoms with Gasteiger partial charge in [0, 0.05) is 7.11 Å². The number of carboxylic acid groups (broad SMARTS) is 1. The molecule has 0 aliphatic rings. The van der Waals surface area contributed by atoms with E-state index in [1.165, 1.54) is 33.5 Å². The van der Waals surface area contributed by atoms with Gasteiger partial charge in [-0.25, -0.2) is 4.79 Å². The van der Waals surface area contributed by atoms with Crippen LogP contribution in [0.2, 0.25) is 0 Å². The zero-order chi connectivity index (χ0) is 16.0. The van der Waals surface area contributed by atoms with Crippen molar-refractivity contribution in [3.8, 4) is 11.5 Å². The summed E-state index contributed by atoms with van der Waals surface area (Å²) in [6.45, 7) is 1.80. The molecule has 0 aromatic heterocycles. The number of carboxylic acids is 1. The van der Waals surface area contributed by atoms with Crippen LogP contribution in [-0.2, 0) is 9.53 Å². The number of hydrogen-bond donors (Lipinski definition) is 2. The number of benzene rings is 1. The normalized spacial score (nSPS) is 11.6. The Hall–Kier alpha value is -2.28. The van der Waals surface area contributed by atoms with Crippen LogP contribution in [0.1, 0.15) is 23.7 Å². The predicted octanol–water partition coefficient (Wildman–Crippen LogP) is 1.77. The molecule has 0 fully saturated rings. The fourth-order valence-corrected chi connectivity index (χ4v) is 1.85. The fourth-order valence-electron chi connectivity index (χ4n) is 1.85. The van der Waals surface area contributed by atoms with Crippen LogP contribution in [0, 0.1) is 0 Å². The molecule has 0 heterocycles. The first kappa shape index (κ1) is 16.8. The van der Waals surface area contributed by atoms with Crippen LogP contribution in [0.4, 0.5) is 5.69 Å². The summed E-state index contributed by atoms with van der Waals surface area (Å²) in [6, 6.07) is 2.63. The lowest BCUT2D eigenvalue weighted by Gasteiger charge is -2.17. The molecule has 0 aliphatic heterocycles. The van der Waals surface area contributed by atoms with Gasteiger partial charge in [0.1, 0.15) is 6.10 Å². The number of amides is 1. The molecule has 7 heteroatoms. The molecule has 0 saturated heterocycles. The summed E-state index contributed by atoms with van der Waals surface area (Å²) in [7, 11) is 4.22. The lowest BCUT2D eigenvalue weighted by molar-refractivity contribution is -0.125. The van der Waals surface area contributed by atoms with E-state index in [0.29, 0.717) is 6.42 Å². The Bertz CT molecular complexity index is 524. The monoisotopic (exact) mass is 297 g/mol. The highest BCUT2D eigenvalue weighted by atomic mass is 16.5. The Labute approximate surface area is 122 Å². The molecular formula is C14H19NO6. The van der Waals surface area contributed by atoms with Gasteiger partial charge in [-0.15, -0.1) is 0 Å². The topological polar surface area (TPSA) is 94.1 Å². The van der Waals surface area contributed by atoms with Crippen molar-refractivity contribution in [2.24, 2.45) is 0 Å². The molecule has 2 N–H and O–H groups in total. The number of anilines is 1. The molecule has 1 aromatic rings. The molecule has 1 atom stereocenters. The number of rotatable bonds is 7. The Kier molecular flexibility index (Phi) is 5.98. The standard InChI is InChI=1S/C14H19NO6/c1-5-10(19-2)13(16)15-9-6-8(14(17)18)7-11(20-3)12(9)21-4/h6-7,10H,5H2,1-4H3,(H,15,16)(H,17,18). The average Bonchev–Trinajstić information content (AvgIpc) is 2.47. The van der Waals surface area contributed by atoms with Gasteiger partial charge in [-0.1, -0.05) is 6.92 Å². The van der Waals surface area contributed by atoms with Gasteiger partial charge in [0.05, 0.1) is 25.5 Å². The molecule has 1 rings (SSSR count). The number of aromatic carboxylic acids is 1. The summed E-state index contributed by atoms with van der Waals surface area (Å²) in [4.78, 5) is 23.2. The molecule has 1 amide bonds. The van der Waals surface area contributed by atoms with Crippen molar-refractivity contribution in [1.29, 1.82) is 0 Å². The van der Waals surface area contributed by atoms with Crippen LogP contribution in [0.15, 0.2) is 12.1 Å². The number of hydrogen-bond acceptors (Lipinski definition) is 5. The van der Waals surface area contributed by atoms with Crippen molar-refractivity contribution in [1.82, 2.24) is 0 Å². The molecule has 0 aliphatic carbocycles. The first-order chi connectivity index (χ1) is 9.98. The van der Waals surface area contributed by atoms with Crippen LogP contribution in [-0.4, -0.2) is 44.4 Å². The number of carbonyl (C=O) groups is 2. The van der Waals surface area contributed by atoms with Gasteiger partial charge >= 0.3 is 5.97 Å². The van der Waals surface area contributed by atoms with Gasteiger partial charge in [0.15, 0.2) is 11.5 Å². The Morgan fingerprint density at radius 1 is 1.24 bits per heavy atom. The molecule has 116 valence electrons. The summed E-state index contributed by atoms with van der Waals surface area (Å²) in [5.41, 5.74) is 0.197. The van der Waals surface area contributed by atoms with E-state index in [-0.39, 0.29) is 28.7 Å².